The summed E-state index contributed by atoms with van der Waals surface area (Å²) in [5.74, 6) is 0.116. The van der Waals surface area contributed by atoms with Crippen LogP contribution in [-0.4, -0.2) is 23.0 Å². The first-order valence-corrected chi connectivity index (χ1v) is 8.33. The van der Waals surface area contributed by atoms with Crippen LogP contribution in [0.15, 0.2) is 54.7 Å². The SMILES string of the molecule is COc1ccc(C)cc1Nc1nccc(C(=O)NCc2ccccc2F)n1. The van der Waals surface area contributed by atoms with Gasteiger partial charge in [0, 0.05) is 18.3 Å². The van der Waals surface area contributed by atoms with Crippen LogP contribution >= 0.6 is 0 Å². The lowest BCUT2D eigenvalue weighted by molar-refractivity contribution is 0.0945. The number of rotatable bonds is 6. The highest BCUT2D eigenvalue weighted by atomic mass is 19.1. The zero-order chi connectivity index (χ0) is 19.2. The van der Waals surface area contributed by atoms with Crippen LogP contribution in [0.25, 0.3) is 0 Å². The Hall–Kier alpha value is -3.48. The maximum Gasteiger partial charge on any atom is 0.270 e. The van der Waals surface area contributed by atoms with Crippen LogP contribution in [0, 0.1) is 12.7 Å². The molecule has 1 heterocycles. The van der Waals surface area contributed by atoms with Crippen molar-refractivity contribution in [3.8, 4) is 5.75 Å². The maximum atomic E-state index is 13.7. The summed E-state index contributed by atoms with van der Waals surface area (Å²) in [5.41, 5.74) is 2.32. The number of nitrogens with one attached hydrogen (secondary N) is 2. The minimum atomic E-state index is -0.417. The van der Waals surface area contributed by atoms with Gasteiger partial charge >= 0.3 is 0 Å². The van der Waals surface area contributed by atoms with E-state index in [1.807, 2.05) is 25.1 Å². The Morgan fingerprint density at radius 1 is 1.19 bits per heavy atom. The molecule has 0 atom stereocenters. The number of carbonyl (C=O) groups is 1. The van der Waals surface area contributed by atoms with Gasteiger partial charge in [-0.15, -0.1) is 0 Å². The normalized spacial score (nSPS) is 10.3. The second-order valence-corrected chi connectivity index (χ2v) is 5.87. The third kappa shape index (κ3) is 4.58. The second kappa shape index (κ2) is 8.27. The molecule has 0 bridgehead atoms. The first-order chi connectivity index (χ1) is 13.1. The van der Waals surface area contributed by atoms with E-state index in [9.17, 15) is 9.18 Å². The molecule has 0 saturated heterocycles. The largest absolute Gasteiger partial charge is 0.495 e. The molecule has 0 radical (unpaired) electrons. The van der Waals surface area contributed by atoms with Crippen molar-refractivity contribution >= 4 is 17.5 Å². The maximum absolute atomic E-state index is 13.7. The van der Waals surface area contributed by atoms with Crippen molar-refractivity contribution in [1.29, 1.82) is 0 Å². The van der Waals surface area contributed by atoms with Crippen molar-refractivity contribution in [2.45, 2.75) is 13.5 Å². The van der Waals surface area contributed by atoms with Gasteiger partial charge in [0.1, 0.15) is 17.3 Å². The Balaban J connectivity index is 1.73. The molecule has 138 valence electrons. The van der Waals surface area contributed by atoms with Gasteiger partial charge in [-0.05, 0) is 36.8 Å². The molecule has 2 aromatic carbocycles. The van der Waals surface area contributed by atoms with E-state index in [1.54, 1.807) is 25.3 Å². The number of methoxy groups -OCH3 is 1. The van der Waals surface area contributed by atoms with Crippen molar-refractivity contribution in [3.05, 3.63) is 77.4 Å². The van der Waals surface area contributed by atoms with Crippen molar-refractivity contribution < 1.29 is 13.9 Å². The third-order valence-corrected chi connectivity index (χ3v) is 3.89. The number of aromatic nitrogens is 2. The summed E-state index contributed by atoms with van der Waals surface area (Å²) >= 11 is 0. The molecular weight excluding hydrogens is 347 g/mol. The summed E-state index contributed by atoms with van der Waals surface area (Å²) in [7, 11) is 1.57. The standard InChI is InChI=1S/C20H19FN4O2/c1-13-7-8-18(27-2)17(11-13)25-20-22-10-9-16(24-20)19(26)23-12-14-5-3-4-6-15(14)21/h3-11H,12H2,1-2H3,(H,23,26)(H,22,24,25). The molecule has 0 spiro atoms. The molecule has 0 aliphatic rings. The summed E-state index contributed by atoms with van der Waals surface area (Å²) in [6.45, 7) is 2.03. The van der Waals surface area contributed by atoms with Crippen LogP contribution < -0.4 is 15.4 Å². The first-order valence-electron chi connectivity index (χ1n) is 8.33. The van der Waals surface area contributed by atoms with Crippen LogP contribution in [0.4, 0.5) is 16.0 Å². The highest BCUT2D eigenvalue weighted by Gasteiger charge is 2.11. The van der Waals surface area contributed by atoms with E-state index in [-0.39, 0.29) is 24.0 Å². The van der Waals surface area contributed by atoms with E-state index in [0.717, 1.165) is 5.56 Å². The molecule has 3 aromatic rings. The Kier molecular flexibility index (Phi) is 5.61. The van der Waals surface area contributed by atoms with Crippen LogP contribution in [-0.2, 0) is 6.54 Å². The van der Waals surface area contributed by atoms with E-state index in [0.29, 0.717) is 17.0 Å². The minimum Gasteiger partial charge on any atom is -0.495 e. The average molecular weight is 366 g/mol. The summed E-state index contributed by atoms with van der Waals surface area (Å²) in [6.07, 6.45) is 1.48. The first kappa shape index (κ1) is 18.3. The van der Waals surface area contributed by atoms with Crippen LogP contribution in [0.2, 0.25) is 0 Å². The lowest BCUT2D eigenvalue weighted by atomic mass is 10.2. The highest BCUT2D eigenvalue weighted by Crippen LogP contribution is 2.27. The van der Waals surface area contributed by atoms with Crippen molar-refractivity contribution in [3.63, 3.8) is 0 Å². The van der Waals surface area contributed by atoms with Gasteiger partial charge < -0.3 is 15.4 Å². The number of carbonyl (C=O) groups excluding carboxylic acids is 1. The number of aryl methyl sites for hydroxylation is 1. The van der Waals surface area contributed by atoms with E-state index in [1.165, 1.54) is 18.3 Å². The molecule has 6 nitrogen and oxygen atoms in total. The Morgan fingerprint density at radius 2 is 2.00 bits per heavy atom. The lowest BCUT2D eigenvalue weighted by Crippen LogP contribution is -2.24. The summed E-state index contributed by atoms with van der Waals surface area (Å²) < 4.78 is 19.0. The molecule has 7 heteroatoms. The molecule has 3 rings (SSSR count). The molecule has 27 heavy (non-hydrogen) atoms. The average Bonchev–Trinajstić information content (AvgIpc) is 2.67. The zero-order valence-electron chi connectivity index (χ0n) is 15.0. The van der Waals surface area contributed by atoms with Crippen molar-refractivity contribution in [1.82, 2.24) is 15.3 Å². The second-order valence-electron chi connectivity index (χ2n) is 5.87. The summed E-state index contributed by atoms with van der Waals surface area (Å²) in [4.78, 5) is 20.7. The molecule has 0 aliphatic carbocycles. The number of amides is 1. The topological polar surface area (TPSA) is 76.1 Å². The number of ether oxygens (including phenoxy) is 1. The van der Waals surface area contributed by atoms with E-state index >= 15 is 0 Å². The van der Waals surface area contributed by atoms with Gasteiger partial charge in [-0.3, -0.25) is 4.79 Å². The van der Waals surface area contributed by atoms with Gasteiger partial charge in [-0.2, -0.15) is 0 Å². The quantitative estimate of drug-likeness (QED) is 0.697. The van der Waals surface area contributed by atoms with Crippen molar-refractivity contribution in [2.75, 3.05) is 12.4 Å². The summed E-state index contributed by atoms with van der Waals surface area (Å²) in [5, 5.41) is 5.71. The molecule has 0 aliphatic heterocycles. The molecule has 0 fully saturated rings. The summed E-state index contributed by atoms with van der Waals surface area (Å²) in [6, 6.07) is 13.4. The fourth-order valence-electron chi connectivity index (χ4n) is 2.49. The van der Waals surface area contributed by atoms with Gasteiger partial charge in [-0.1, -0.05) is 24.3 Å². The molecule has 2 N–H and O–H groups in total. The van der Waals surface area contributed by atoms with E-state index in [4.69, 9.17) is 4.74 Å². The van der Waals surface area contributed by atoms with Gasteiger partial charge in [0.25, 0.3) is 5.91 Å². The predicted octanol–water partition coefficient (Wildman–Crippen LogP) is 3.61. The van der Waals surface area contributed by atoms with Crippen molar-refractivity contribution in [2.24, 2.45) is 0 Å². The lowest BCUT2D eigenvalue weighted by Gasteiger charge is -2.11. The smallest absolute Gasteiger partial charge is 0.270 e. The van der Waals surface area contributed by atoms with Gasteiger partial charge in [-0.25, -0.2) is 14.4 Å². The zero-order valence-corrected chi connectivity index (χ0v) is 15.0. The fraction of sp³-hybridized carbons (Fsp3) is 0.150. The van der Waals surface area contributed by atoms with Gasteiger partial charge in [0.05, 0.1) is 12.8 Å². The highest BCUT2D eigenvalue weighted by molar-refractivity contribution is 5.92. The number of nitrogens with zero attached hydrogens (tertiary/aromatic N) is 2. The fourth-order valence-corrected chi connectivity index (χ4v) is 2.49. The number of hydrogen-bond donors (Lipinski definition) is 2. The minimum absolute atomic E-state index is 0.0734. The predicted molar refractivity (Wildman–Crippen MR) is 101 cm³/mol. The third-order valence-electron chi connectivity index (χ3n) is 3.89. The van der Waals surface area contributed by atoms with Crippen LogP contribution in [0.1, 0.15) is 21.6 Å². The number of anilines is 2. The van der Waals surface area contributed by atoms with Crippen LogP contribution in [0.5, 0.6) is 5.75 Å². The Bertz CT molecular complexity index is 962. The van der Waals surface area contributed by atoms with Gasteiger partial charge in [0.15, 0.2) is 0 Å². The number of benzene rings is 2. The van der Waals surface area contributed by atoms with E-state index < -0.39 is 5.91 Å². The Morgan fingerprint density at radius 3 is 2.78 bits per heavy atom. The van der Waals surface area contributed by atoms with E-state index in [2.05, 4.69) is 20.6 Å². The van der Waals surface area contributed by atoms with Gasteiger partial charge in [0.2, 0.25) is 5.95 Å². The molecular formula is C20H19FN4O2. The number of halogens is 1. The molecule has 0 saturated carbocycles. The van der Waals surface area contributed by atoms with Crippen LogP contribution in [0.3, 0.4) is 0 Å². The molecule has 0 unspecified atom stereocenters. The number of hydrogen-bond acceptors (Lipinski definition) is 5. The Labute approximate surface area is 156 Å². The molecule has 1 amide bonds. The molecule has 1 aromatic heterocycles. The monoisotopic (exact) mass is 366 g/mol.